The van der Waals surface area contributed by atoms with Gasteiger partial charge < -0.3 is 39.9 Å². The third-order valence-electron chi connectivity index (χ3n) is 11.1. The van der Waals surface area contributed by atoms with Crippen molar-refractivity contribution in [1.29, 1.82) is 0 Å². The van der Waals surface area contributed by atoms with Gasteiger partial charge in [0.05, 0.1) is 25.2 Å². The van der Waals surface area contributed by atoms with Crippen LogP contribution in [0.5, 0.6) is 0 Å². The molecule has 0 aromatic heterocycles. The van der Waals surface area contributed by atoms with Gasteiger partial charge in [-0.05, 0) is 69.9 Å². The Kier molecular flexibility index (Phi) is 15.8. The quantitative estimate of drug-likeness (QED) is 0.123. The Morgan fingerprint density at radius 3 is 2.45 bits per heavy atom. The first kappa shape index (κ1) is 40.8. The zero-order chi connectivity index (χ0) is 37.0. The van der Waals surface area contributed by atoms with Crippen LogP contribution in [0.25, 0.3) is 0 Å². The summed E-state index contributed by atoms with van der Waals surface area (Å²) in [5.74, 6) is -0.848. The fourth-order valence-corrected chi connectivity index (χ4v) is 7.73. The maximum absolute atomic E-state index is 13.4. The van der Waals surface area contributed by atoms with Crippen LogP contribution in [0.3, 0.4) is 0 Å². The molecule has 51 heavy (non-hydrogen) atoms. The summed E-state index contributed by atoms with van der Waals surface area (Å²) in [6, 6.07) is 0.287. The Hall–Kier alpha value is -2.93. The van der Waals surface area contributed by atoms with Gasteiger partial charge in [0.25, 0.3) is 0 Å². The van der Waals surface area contributed by atoms with Crippen LogP contribution in [-0.2, 0) is 14.3 Å². The second-order valence-corrected chi connectivity index (χ2v) is 15.5. The van der Waals surface area contributed by atoms with Gasteiger partial charge in [-0.15, -0.1) is 0 Å². The maximum Gasteiger partial charge on any atom is 0.410 e. The molecular weight excluding hydrogens is 652 g/mol. The first-order valence-electron chi connectivity index (χ1n) is 19.4. The Bertz CT molecular complexity index is 1220. The summed E-state index contributed by atoms with van der Waals surface area (Å²) >= 11 is 0. The monoisotopic (exact) mass is 716 g/mol. The predicted octanol–water partition coefficient (Wildman–Crippen LogP) is 4.54. The molecule has 3 amide bonds. The lowest BCUT2D eigenvalue weighted by Crippen LogP contribution is -2.53. The Morgan fingerprint density at radius 2 is 1.76 bits per heavy atom. The van der Waals surface area contributed by atoms with Crippen molar-refractivity contribution in [2.45, 2.75) is 134 Å². The van der Waals surface area contributed by atoms with Gasteiger partial charge in [0.2, 0.25) is 0 Å². The normalized spacial score (nSPS) is 32.4. The van der Waals surface area contributed by atoms with Crippen LogP contribution in [0.4, 0.5) is 9.59 Å². The molecule has 7 atom stereocenters. The van der Waals surface area contributed by atoms with E-state index < -0.39 is 36.0 Å². The summed E-state index contributed by atoms with van der Waals surface area (Å²) in [4.78, 5) is 44.8. The van der Waals surface area contributed by atoms with Crippen molar-refractivity contribution >= 4 is 18.1 Å². The number of piperazine rings is 1. The third kappa shape index (κ3) is 12.3. The highest BCUT2D eigenvalue weighted by Crippen LogP contribution is 2.28. The van der Waals surface area contributed by atoms with E-state index in [1.165, 1.54) is 38.5 Å². The van der Waals surface area contributed by atoms with E-state index in [1.54, 1.807) is 22.8 Å². The number of aliphatic hydroxyl groups excluding tert-OH is 2. The molecular formula is C39H64N4O8. The molecule has 288 valence electrons. The SMILES string of the molecule is C/C(=C\C=C\[C@@H](C)CNC(=O)N1CCC[C@H]1CO)[C@H]1OC(=O)C[C@H](O)CC[C@@](C)(O)[C@@H](OC(=O)N2CCN(C3CCCCCC3)CC2)/C=C/[C@@H]1C. The van der Waals surface area contributed by atoms with E-state index >= 15 is 0 Å². The second-order valence-electron chi connectivity index (χ2n) is 15.5. The molecule has 0 unspecified atom stereocenters. The number of amides is 3. The molecule has 4 aliphatic rings. The van der Waals surface area contributed by atoms with E-state index in [2.05, 4.69) is 10.2 Å². The molecule has 0 aromatic rings. The molecule has 0 radical (unpaired) electrons. The summed E-state index contributed by atoms with van der Waals surface area (Å²) in [5.41, 5.74) is -0.699. The summed E-state index contributed by atoms with van der Waals surface area (Å²) in [6.45, 7) is 11.2. The van der Waals surface area contributed by atoms with Gasteiger partial charge in [-0.1, -0.05) is 63.8 Å². The van der Waals surface area contributed by atoms with Crippen molar-refractivity contribution in [3.8, 4) is 0 Å². The average Bonchev–Trinajstić information content (AvgIpc) is 3.43. The summed E-state index contributed by atoms with van der Waals surface area (Å²) in [7, 11) is 0. The Labute approximate surface area is 304 Å². The lowest BCUT2D eigenvalue weighted by Gasteiger charge is -2.40. The number of hydrogen-bond acceptors (Lipinski definition) is 9. The molecule has 4 rings (SSSR count). The minimum Gasteiger partial charge on any atom is -0.457 e. The number of nitrogens with zero attached hydrogens (tertiary/aromatic N) is 3. The number of cyclic esters (lactones) is 1. The average molecular weight is 717 g/mol. The number of aliphatic hydroxyl groups is 3. The van der Waals surface area contributed by atoms with Crippen molar-refractivity contribution < 1.29 is 39.2 Å². The van der Waals surface area contributed by atoms with Crippen LogP contribution >= 0.6 is 0 Å². The lowest BCUT2D eigenvalue weighted by atomic mass is 9.89. The van der Waals surface area contributed by atoms with Crippen molar-refractivity contribution in [2.24, 2.45) is 11.8 Å². The maximum atomic E-state index is 13.4. The van der Waals surface area contributed by atoms with Gasteiger partial charge in [-0.2, -0.15) is 0 Å². The number of hydrogen-bond donors (Lipinski definition) is 4. The molecule has 1 saturated carbocycles. The van der Waals surface area contributed by atoms with Crippen LogP contribution in [0.15, 0.2) is 36.0 Å². The van der Waals surface area contributed by atoms with Crippen molar-refractivity contribution in [3.05, 3.63) is 36.0 Å². The van der Waals surface area contributed by atoms with Gasteiger partial charge in [-0.25, -0.2) is 9.59 Å². The molecule has 0 aromatic carbocycles. The molecule has 12 nitrogen and oxygen atoms in total. The molecule has 12 heteroatoms. The van der Waals surface area contributed by atoms with E-state index in [4.69, 9.17) is 9.47 Å². The zero-order valence-corrected chi connectivity index (χ0v) is 31.4. The fourth-order valence-electron chi connectivity index (χ4n) is 7.73. The summed E-state index contributed by atoms with van der Waals surface area (Å²) < 4.78 is 11.9. The highest BCUT2D eigenvalue weighted by molar-refractivity contribution is 5.75. The van der Waals surface area contributed by atoms with Crippen molar-refractivity contribution in [1.82, 2.24) is 20.0 Å². The van der Waals surface area contributed by atoms with Crippen molar-refractivity contribution in [2.75, 3.05) is 45.9 Å². The largest absolute Gasteiger partial charge is 0.457 e. The fraction of sp³-hybridized carbons (Fsp3) is 0.769. The van der Waals surface area contributed by atoms with Gasteiger partial charge >= 0.3 is 18.1 Å². The van der Waals surface area contributed by atoms with Crippen molar-refractivity contribution in [3.63, 3.8) is 0 Å². The summed E-state index contributed by atoms with van der Waals surface area (Å²) in [5, 5.41) is 34.7. The molecule has 0 spiro atoms. The van der Waals surface area contributed by atoms with Gasteiger partial charge in [-0.3, -0.25) is 9.69 Å². The molecule has 3 fully saturated rings. The molecule has 3 heterocycles. The van der Waals surface area contributed by atoms with Crippen LogP contribution in [0.2, 0.25) is 0 Å². The van der Waals surface area contributed by atoms with Crippen LogP contribution in [0, 0.1) is 11.8 Å². The first-order chi connectivity index (χ1) is 24.4. The number of nitrogens with one attached hydrogen (secondary N) is 1. The highest BCUT2D eigenvalue weighted by atomic mass is 16.6. The van der Waals surface area contributed by atoms with Gasteiger partial charge in [0, 0.05) is 51.2 Å². The standard InChI is InChI=1S/C39H64N4O8/c1-28(26-40-37(47)43-20-10-15-32(43)27-44)11-9-12-29(2)36-30(3)16-17-34(39(4,49)19-18-33(45)25-35(46)51-36)50-38(48)42-23-21-41(22-24-42)31-13-7-5-6-8-14-31/h9,11-12,16-17,28,30-34,36,44-45,49H,5-8,10,13-15,18-27H2,1-4H3,(H,40,47)/b11-9+,17-16+,29-12+/t28-,30+,32+,33-,34+,36-,39-/m1/s1. The molecule has 2 saturated heterocycles. The zero-order valence-electron chi connectivity index (χ0n) is 31.4. The molecule has 3 aliphatic heterocycles. The minimum atomic E-state index is -1.47. The Morgan fingerprint density at radius 1 is 1.06 bits per heavy atom. The number of ether oxygens (including phenoxy) is 2. The predicted molar refractivity (Wildman–Crippen MR) is 196 cm³/mol. The highest BCUT2D eigenvalue weighted by Gasteiger charge is 2.37. The van der Waals surface area contributed by atoms with E-state index in [-0.39, 0.29) is 49.8 Å². The molecule has 0 bridgehead atoms. The van der Waals surface area contributed by atoms with Crippen LogP contribution in [-0.4, -0.2) is 130 Å². The van der Waals surface area contributed by atoms with Crippen LogP contribution < -0.4 is 5.32 Å². The molecule has 1 aliphatic carbocycles. The number of rotatable bonds is 8. The Balaban J connectivity index is 1.39. The van der Waals surface area contributed by atoms with E-state index in [0.717, 1.165) is 31.5 Å². The smallest absolute Gasteiger partial charge is 0.410 e. The third-order valence-corrected chi connectivity index (χ3v) is 11.1. The topological polar surface area (TPSA) is 152 Å². The number of likely N-dealkylation sites (tertiary alicyclic amines) is 1. The van der Waals surface area contributed by atoms with Gasteiger partial charge in [0.15, 0.2) is 6.10 Å². The van der Waals surface area contributed by atoms with E-state index in [1.807, 2.05) is 45.1 Å². The number of carbonyl (C=O) groups is 3. The number of allylic oxidation sites excluding steroid dienone is 2. The van der Waals surface area contributed by atoms with Gasteiger partial charge in [0.1, 0.15) is 11.7 Å². The molecule has 4 N–H and O–H groups in total. The second kappa shape index (κ2) is 19.8. The lowest BCUT2D eigenvalue weighted by molar-refractivity contribution is -0.151. The summed E-state index contributed by atoms with van der Waals surface area (Å²) in [6.07, 6.45) is 15.4. The van der Waals surface area contributed by atoms with Crippen LogP contribution in [0.1, 0.15) is 98.3 Å². The van der Waals surface area contributed by atoms with E-state index in [0.29, 0.717) is 32.2 Å². The number of esters is 1. The minimum absolute atomic E-state index is 0.0250. The number of carbonyl (C=O) groups excluding carboxylic acids is 3. The number of urea groups is 1. The first-order valence-corrected chi connectivity index (χ1v) is 19.4. The van der Waals surface area contributed by atoms with E-state index in [9.17, 15) is 29.7 Å².